The SMILES string of the molecule is CN(/C=C\N(CC(=O)O)CC(=O)O)CCCN(C)c1ccccc1N(CC(=O)O)CC(=O)O. The number of carbonyl (C=O) groups is 4. The summed E-state index contributed by atoms with van der Waals surface area (Å²) in [5.41, 5.74) is 1.18. The molecule has 0 fully saturated rings. The van der Waals surface area contributed by atoms with Gasteiger partial charge in [0.15, 0.2) is 0 Å². The molecule has 0 unspecified atom stereocenters. The van der Waals surface area contributed by atoms with Crippen LogP contribution in [0.2, 0.25) is 0 Å². The second kappa shape index (κ2) is 13.5. The molecule has 0 heterocycles. The molecule has 0 saturated carbocycles. The zero-order valence-corrected chi connectivity index (χ0v) is 18.6. The first-order valence-corrected chi connectivity index (χ1v) is 10.0. The largest absolute Gasteiger partial charge is 0.480 e. The number of carboxylic acid groups (broad SMARTS) is 4. The van der Waals surface area contributed by atoms with E-state index in [-0.39, 0.29) is 0 Å². The van der Waals surface area contributed by atoms with Crippen molar-refractivity contribution in [1.29, 1.82) is 0 Å². The number of hydrogen-bond acceptors (Lipinski definition) is 8. The predicted molar refractivity (Wildman–Crippen MR) is 120 cm³/mol. The summed E-state index contributed by atoms with van der Waals surface area (Å²) in [6.45, 7) is -0.622. The number of benzene rings is 1. The summed E-state index contributed by atoms with van der Waals surface area (Å²) in [5, 5.41) is 36.0. The molecule has 0 radical (unpaired) electrons. The molecule has 4 N–H and O–H groups in total. The molecule has 0 aromatic heterocycles. The second-order valence-corrected chi connectivity index (χ2v) is 7.38. The van der Waals surface area contributed by atoms with Gasteiger partial charge in [-0.3, -0.25) is 19.2 Å². The number of carboxylic acids is 4. The monoisotopic (exact) mass is 466 g/mol. The predicted octanol–water partition coefficient (Wildman–Crippen LogP) is 0.363. The van der Waals surface area contributed by atoms with Crippen LogP contribution in [0.15, 0.2) is 36.7 Å². The Hall–Kier alpha value is -3.96. The molecule has 0 aliphatic rings. The lowest BCUT2D eigenvalue weighted by Crippen LogP contribution is -2.36. The lowest BCUT2D eigenvalue weighted by atomic mass is 10.2. The van der Waals surface area contributed by atoms with Gasteiger partial charge in [0.1, 0.15) is 26.2 Å². The Morgan fingerprint density at radius 1 is 0.727 bits per heavy atom. The maximum atomic E-state index is 11.2. The van der Waals surface area contributed by atoms with Gasteiger partial charge in [-0.15, -0.1) is 0 Å². The van der Waals surface area contributed by atoms with Gasteiger partial charge in [-0.2, -0.15) is 0 Å². The second-order valence-electron chi connectivity index (χ2n) is 7.38. The summed E-state index contributed by atoms with van der Waals surface area (Å²) < 4.78 is 0. The van der Waals surface area contributed by atoms with Crippen LogP contribution in [-0.4, -0.2) is 107 Å². The molecule has 0 aliphatic heterocycles. The maximum absolute atomic E-state index is 11.2. The van der Waals surface area contributed by atoms with Gasteiger partial charge >= 0.3 is 23.9 Å². The van der Waals surface area contributed by atoms with E-state index in [0.717, 1.165) is 0 Å². The van der Waals surface area contributed by atoms with E-state index >= 15 is 0 Å². The topological polar surface area (TPSA) is 162 Å². The zero-order chi connectivity index (χ0) is 25.0. The van der Waals surface area contributed by atoms with Gasteiger partial charge in [-0.25, -0.2) is 0 Å². The van der Waals surface area contributed by atoms with Gasteiger partial charge < -0.3 is 40.0 Å². The van der Waals surface area contributed by atoms with Crippen LogP contribution in [0.25, 0.3) is 0 Å². The summed E-state index contributed by atoms with van der Waals surface area (Å²) >= 11 is 0. The highest BCUT2D eigenvalue weighted by atomic mass is 16.4. The van der Waals surface area contributed by atoms with Crippen molar-refractivity contribution in [2.24, 2.45) is 0 Å². The molecule has 0 aliphatic carbocycles. The number of hydrogen-bond donors (Lipinski definition) is 4. The molecule has 1 aromatic rings. The molecule has 1 rings (SSSR count). The summed E-state index contributed by atoms with van der Waals surface area (Å²) in [6.07, 6.45) is 3.68. The van der Waals surface area contributed by atoms with Crippen molar-refractivity contribution in [2.45, 2.75) is 6.42 Å². The fraction of sp³-hybridized carbons (Fsp3) is 0.429. The van der Waals surface area contributed by atoms with Crippen molar-refractivity contribution < 1.29 is 39.6 Å². The van der Waals surface area contributed by atoms with Crippen LogP contribution in [0.5, 0.6) is 0 Å². The minimum Gasteiger partial charge on any atom is -0.480 e. The van der Waals surface area contributed by atoms with E-state index in [0.29, 0.717) is 30.9 Å². The van der Waals surface area contributed by atoms with E-state index in [1.165, 1.54) is 16.0 Å². The maximum Gasteiger partial charge on any atom is 0.323 e. The van der Waals surface area contributed by atoms with Gasteiger partial charge in [-0.05, 0) is 18.6 Å². The van der Waals surface area contributed by atoms with Crippen molar-refractivity contribution in [3.63, 3.8) is 0 Å². The Bertz CT molecular complexity index is 828. The lowest BCUT2D eigenvalue weighted by molar-refractivity contribution is -0.141. The first-order chi connectivity index (χ1) is 15.5. The average molecular weight is 466 g/mol. The van der Waals surface area contributed by atoms with Gasteiger partial charge in [0.05, 0.1) is 11.4 Å². The molecule has 1 aromatic carbocycles. The van der Waals surface area contributed by atoms with Gasteiger partial charge in [0.25, 0.3) is 0 Å². The van der Waals surface area contributed by atoms with Gasteiger partial charge in [0.2, 0.25) is 0 Å². The van der Waals surface area contributed by atoms with Crippen molar-refractivity contribution in [3.8, 4) is 0 Å². The first kappa shape index (κ1) is 27.1. The highest BCUT2D eigenvalue weighted by Crippen LogP contribution is 2.28. The molecule has 12 nitrogen and oxygen atoms in total. The van der Waals surface area contributed by atoms with E-state index in [1.54, 1.807) is 42.4 Å². The summed E-state index contributed by atoms with van der Waals surface area (Å²) in [5.74, 6) is -4.55. The molecular weight excluding hydrogens is 436 g/mol. The normalized spacial score (nSPS) is 10.6. The Balaban J connectivity index is 2.76. The summed E-state index contributed by atoms with van der Waals surface area (Å²) in [7, 11) is 3.58. The van der Waals surface area contributed by atoms with Gasteiger partial charge in [-0.1, -0.05) is 12.1 Å². The zero-order valence-electron chi connectivity index (χ0n) is 18.6. The number of nitrogens with zero attached hydrogens (tertiary/aromatic N) is 4. The summed E-state index contributed by atoms with van der Waals surface area (Å²) in [6, 6.07) is 6.95. The first-order valence-electron chi connectivity index (χ1n) is 10.0. The van der Waals surface area contributed by atoms with Crippen LogP contribution in [0, 0.1) is 0 Å². The van der Waals surface area contributed by atoms with Crippen molar-refractivity contribution >= 4 is 35.3 Å². The minimum atomic E-state index is -1.14. The molecule has 12 heteroatoms. The number of aliphatic carboxylic acids is 4. The number of anilines is 2. The Kier molecular flexibility index (Phi) is 11.0. The Labute approximate surface area is 191 Å². The van der Waals surface area contributed by atoms with Crippen LogP contribution in [-0.2, 0) is 19.2 Å². The molecule has 0 spiro atoms. The number of rotatable bonds is 16. The highest BCUT2D eigenvalue weighted by molar-refractivity contribution is 5.83. The van der Waals surface area contributed by atoms with E-state index in [4.69, 9.17) is 20.4 Å². The van der Waals surface area contributed by atoms with Crippen molar-refractivity contribution in [1.82, 2.24) is 9.80 Å². The third kappa shape index (κ3) is 10.8. The Morgan fingerprint density at radius 3 is 1.70 bits per heavy atom. The van der Waals surface area contributed by atoms with Crippen LogP contribution < -0.4 is 9.80 Å². The molecule has 0 saturated heterocycles. The van der Waals surface area contributed by atoms with Crippen LogP contribution in [0.4, 0.5) is 11.4 Å². The van der Waals surface area contributed by atoms with E-state index < -0.39 is 50.1 Å². The highest BCUT2D eigenvalue weighted by Gasteiger charge is 2.19. The van der Waals surface area contributed by atoms with Crippen molar-refractivity contribution in [2.75, 3.05) is 63.2 Å². The standard InChI is InChI=1S/C21H30N4O8/c1-22(10-11-24(12-18(26)27)13-19(28)29)8-5-9-23(2)16-6-3-4-7-17(16)25(14-20(30)31)15-21(32)33/h3-4,6-7,10-11H,5,8-9,12-15H2,1-2H3,(H,26,27)(H,28,29)(H,30,31)(H,32,33)/b11-10-. The third-order valence-corrected chi connectivity index (χ3v) is 4.50. The Morgan fingerprint density at radius 2 is 1.21 bits per heavy atom. The van der Waals surface area contributed by atoms with Crippen LogP contribution in [0.1, 0.15) is 6.42 Å². The van der Waals surface area contributed by atoms with Crippen LogP contribution >= 0.6 is 0 Å². The quantitative estimate of drug-likeness (QED) is 0.265. The fourth-order valence-electron chi connectivity index (χ4n) is 3.08. The molecule has 0 amide bonds. The average Bonchev–Trinajstić information content (AvgIpc) is 2.70. The molecule has 182 valence electrons. The number of para-hydroxylation sites is 2. The molecule has 0 atom stereocenters. The molecule has 0 bridgehead atoms. The molecule has 33 heavy (non-hydrogen) atoms. The molecular formula is C21H30N4O8. The van der Waals surface area contributed by atoms with Crippen molar-refractivity contribution in [3.05, 3.63) is 36.7 Å². The fourth-order valence-corrected chi connectivity index (χ4v) is 3.08. The van der Waals surface area contributed by atoms with E-state index in [2.05, 4.69) is 0 Å². The van der Waals surface area contributed by atoms with E-state index in [1.807, 2.05) is 11.9 Å². The van der Waals surface area contributed by atoms with E-state index in [9.17, 15) is 19.2 Å². The van der Waals surface area contributed by atoms with Crippen LogP contribution in [0.3, 0.4) is 0 Å². The third-order valence-electron chi connectivity index (χ3n) is 4.50. The van der Waals surface area contributed by atoms with Gasteiger partial charge in [0, 0.05) is 39.6 Å². The summed E-state index contributed by atoms with van der Waals surface area (Å²) in [4.78, 5) is 50.2. The minimum absolute atomic E-state index is 0.431. The lowest BCUT2D eigenvalue weighted by Gasteiger charge is -2.29. The smallest absolute Gasteiger partial charge is 0.323 e.